The van der Waals surface area contributed by atoms with E-state index in [4.69, 9.17) is 10.5 Å². The average molecular weight is 443 g/mol. The molecule has 1 fully saturated rings. The maximum atomic E-state index is 11.3. The molecule has 0 saturated heterocycles. The number of fused-ring (bicyclic) bond motifs is 1. The van der Waals surface area contributed by atoms with E-state index < -0.39 is 5.97 Å². The van der Waals surface area contributed by atoms with Crippen molar-refractivity contribution in [3.63, 3.8) is 0 Å². The van der Waals surface area contributed by atoms with Crippen LogP contribution in [-0.2, 0) is 11.4 Å². The Morgan fingerprint density at radius 3 is 2.64 bits per heavy atom. The summed E-state index contributed by atoms with van der Waals surface area (Å²) in [6.07, 6.45) is 6.66. The summed E-state index contributed by atoms with van der Waals surface area (Å²) in [5.41, 5.74) is 9.81. The van der Waals surface area contributed by atoms with Crippen molar-refractivity contribution in [1.29, 1.82) is 0 Å². The Hall–Kier alpha value is -3.87. The van der Waals surface area contributed by atoms with Gasteiger partial charge in [-0.3, -0.25) is 9.20 Å². The topological polar surface area (TPSA) is 103 Å². The van der Waals surface area contributed by atoms with Gasteiger partial charge in [-0.2, -0.15) is 0 Å². The van der Waals surface area contributed by atoms with Gasteiger partial charge in [-0.1, -0.05) is 42.5 Å². The molecule has 2 aromatic heterocycles. The first-order chi connectivity index (χ1) is 16.1. The van der Waals surface area contributed by atoms with Crippen LogP contribution in [0.15, 0.2) is 67.0 Å². The van der Waals surface area contributed by atoms with Crippen molar-refractivity contribution in [2.45, 2.75) is 38.2 Å². The number of rotatable bonds is 6. The highest BCUT2D eigenvalue weighted by atomic mass is 16.5. The molecular weight excluding hydrogens is 416 g/mol. The van der Waals surface area contributed by atoms with Crippen LogP contribution in [0.4, 0.5) is 5.82 Å². The van der Waals surface area contributed by atoms with E-state index in [9.17, 15) is 9.90 Å². The van der Waals surface area contributed by atoms with Crippen LogP contribution in [0.25, 0.3) is 16.8 Å². The van der Waals surface area contributed by atoms with E-state index in [2.05, 4.69) is 9.97 Å². The molecule has 5 rings (SSSR count). The van der Waals surface area contributed by atoms with E-state index in [1.807, 2.05) is 65.2 Å². The maximum Gasteiger partial charge on any atom is 0.306 e. The molecule has 1 aliphatic rings. The first kappa shape index (κ1) is 21.0. The Morgan fingerprint density at radius 2 is 1.88 bits per heavy atom. The fourth-order valence-electron chi connectivity index (χ4n) is 4.56. The predicted octanol–water partition coefficient (Wildman–Crippen LogP) is 4.92. The number of aliphatic carboxylic acids is 1. The Balaban J connectivity index is 1.41. The fraction of sp³-hybridized carbons (Fsp3) is 0.269. The standard InChI is InChI=1S/C26H26N4O3/c27-24-23-14-28-25(18-9-11-19(12-10-18)26(31)32)30(23)15-22(29-24)20-7-4-8-21(13-20)33-16-17-5-2-1-3-6-17/h1-8,13-15,18-19H,9-12,16H2,(H2,27,29)(H,31,32). The lowest BCUT2D eigenvalue weighted by Gasteiger charge is -2.25. The van der Waals surface area contributed by atoms with Gasteiger partial charge in [-0.05, 0) is 43.4 Å². The SMILES string of the molecule is Nc1nc(-c2cccc(OCc3ccccc3)c2)cn2c(C3CCC(C(=O)O)CC3)ncc12. The van der Waals surface area contributed by atoms with Crippen LogP contribution < -0.4 is 10.5 Å². The van der Waals surface area contributed by atoms with Crippen molar-refractivity contribution in [2.75, 3.05) is 5.73 Å². The average Bonchev–Trinajstić information content (AvgIpc) is 3.28. The second kappa shape index (κ2) is 8.94. The first-order valence-electron chi connectivity index (χ1n) is 11.2. The van der Waals surface area contributed by atoms with E-state index in [0.29, 0.717) is 25.3 Å². The van der Waals surface area contributed by atoms with Crippen LogP contribution in [0.2, 0.25) is 0 Å². The number of carbonyl (C=O) groups is 1. The molecule has 33 heavy (non-hydrogen) atoms. The summed E-state index contributed by atoms with van der Waals surface area (Å²) in [7, 11) is 0. The molecule has 4 aromatic rings. The van der Waals surface area contributed by atoms with Crippen LogP contribution in [0.1, 0.15) is 43.0 Å². The summed E-state index contributed by atoms with van der Waals surface area (Å²) in [5.74, 6) is 1.34. The molecule has 0 amide bonds. The van der Waals surface area contributed by atoms with Crippen LogP contribution in [0, 0.1) is 5.92 Å². The van der Waals surface area contributed by atoms with Crippen molar-refractivity contribution in [2.24, 2.45) is 5.92 Å². The molecule has 1 aliphatic carbocycles. The molecule has 3 N–H and O–H groups in total. The Labute approximate surface area is 191 Å². The summed E-state index contributed by atoms with van der Waals surface area (Å²) >= 11 is 0. The molecule has 0 radical (unpaired) electrons. The zero-order valence-electron chi connectivity index (χ0n) is 18.2. The van der Waals surface area contributed by atoms with Gasteiger partial charge in [-0.25, -0.2) is 9.97 Å². The van der Waals surface area contributed by atoms with Crippen LogP contribution >= 0.6 is 0 Å². The highest BCUT2D eigenvalue weighted by Gasteiger charge is 2.29. The molecule has 0 spiro atoms. The second-order valence-corrected chi connectivity index (χ2v) is 8.57. The van der Waals surface area contributed by atoms with Gasteiger partial charge in [0, 0.05) is 17.7 Å². The molecular formula is C26H26N4O3. The fourth-order valence-corrected chi connectivity index (χ4v) is 4.56. The molecule has 1 saturated carbocycles. The lowest BCUT2D eigenvalue weighted by molar-refractivity contribution is -0.142. The van der Waals surface area contributed by atoms with Gasteiger partial charge in [0.05, 0.1) is 17.8 Å². The van der Waals surface area contributed by atoms with Crippen LogP contribution in [0.3, 0.4) is 0 Å². The Kier molecular flexibility index (Phi) is 5.69. The van der Waals surface area contributed by atoms with Gasteiger partial charge in [0.1, 0.15) is 29.5 Å². The van der Waals surface area contributed by atoms with Crippen molar-refractivity contribution >= 4 is 17.3 Å². The third-order valence-corrected chi connectivity index (χ3v) is 6.40. The van der Waals surface area contributed by atoms with Crippen LogP contribution in [0.5, 0.6) is 5.75 Å². The van der Waals surface area contributed by atoms with Gasteiger partial charge >= 0.3 is 5.97 Å². The largest absolute Gasteiger partial charge is 0.489 e. The third-order valence-electron chi connectivity index (χ3n) is 6.40. The number of aromatic nitrogens is 3. The van der Waals surface area contributed by atoms with Gasteiger partial charge in [-0.15, -0.1) is 0 Å². The number of imidazole rings is 1. The van der Waals surface area contributed by atoms with E-state index in [1.54, 1.807) is 6.20 Å². The number of nitrogens with two attached hydrogens (primary N) is 1. The number of hydrogen-bond acceptors (Lipinski definition) is 5. The predicted molar refractivity (Wildman–Crippen MR) is 126 cm³/mol. The zero-order valence-corrected chi connectivity index (χ0v) is 18.2. The van der Waals surface area contributed by atoms with Gasteiger partial charge in [0.2, 0.25) is 0 Å². The Morgan fingerprint density at radius 1 is 1.09 bits per heavy atom. The minimum Gasteiger partial charge on any atom is -0.489 e. The maximum absolute atomic E-state index is 11.3. The minimum absolute atomic E-state index is 0.207. The van der Waals surface area contributed by atoms with Gasteiger partial charge in [0.25, 0.3) is 0 Å². The molecule has 168 valence electrons. The summed E-state index contributed by atoms with van der Waals surface area (Å²) in [6, 6.07) is 17.9. The molecule has 2 aromatic carbocycles. The van der Waals surface area contributed by atoms with E-state index >= 15 is 0 Å². The Bertz CT molecular complexity index is 1280. The number of benzene rings is 2. The molecule has 2 heterocycles. The van der Waals surface area contributed by atoms with E-state index in [0.717, 1.165) is 46.8 Å². The highest BCUT2D eigenvalue weighted by molar-refractivity contribution is 5.71. The third kappa shape index (κ3) is 4.39. The van der Waals surface area contributed by atoms with Crippen molar-refractivity contribution in [3.8, 4) is 17.0 Å². The molecule has 0 atom stereocenters. The van der Waals surface area contributed by atoms with Gasteiger partial charge in [0.15, 0.2) is 0 Å². The highest BCUT2D eigenvalue weighted by Crippen LogP contribution is 2.36. The summed E-state index contributed by atoms with van der Waals surface area (Å²) in [6.45, 7) is 0.490. The lowest BCUT2D eigenvalue weighted by atomic mass is 9.81. The monoisotopic (exact) mass is 442 g/mol. The smallest absolute Gasteiger partial charge is 0.306 e. The summed E-state index contributed by atoms with van der Waals surface area (Å²) in [4.78, 5) is 20.5. The normalized spacial score (nSPS) is 18.3. The molecule has 0 bridgehead atoms. The van der Waals surface area contributed by atoms with E-state index in [-0.39, 0.29) is 11.8 Å². The molecule has 0 aliphatic heterocycles. The summed E-state index contributed by atoms with van der Waals surface area (Å²) < 4.78 is 7.99. The van der Waals surface area contributed by atoms with E-state index in [1.165, 1.54) is 0 Å². The zero-order chi connectivity index (χ0) is 22.8. The number of nitrogen functional groups attached to an aromatic ring is 1. The van der Waals surface area contributed by atoms with Crippen molar-refractivity contribution in [3.05, 3.63) is 78.4 Å². The number of carboxylic acids is 1. The van der Waals surface area contributed by atoms with Crippen LogP contribution in [-0.4, -0.2) is 25.4 Å². The number of ether oxygens (including phenoxy) is 1. The summed E-state index contributed by atoms with van der Waals surface area (Å²) in [5, 5.41) is 9.30. The number of nitrogens with zero attached hydrogens (tertiary/aromatic N) is 3. The molecule has 7 heteroatoms. The minimum atomic E-state index is -0.702. The first-order valence-corrected chi connectivity index (χ1v) is 11.2. The van der Waals surface area contributed by atoms with Crippen molar-refractivity contribution < 1.29 is 14.6 Å². The number of hydrogen-bond donors (Lipinski definition) is 2. The molecule has 0 unspecified atom stereocenters. The quantitative estimate of drug-likeness (QED) is 0.440. The van der Waals surface area contributed by atoms with Crippen molar-refractivity contribution in [1.82, 2.24) is 14.4 Å². The number of carboxylic acid groups (broad SMARTS) is 1. The lowest BCUT2D eigenvalue weighted by Crippen LogP contribution is -2.21. The second-order valence-electron chi connectivity index (χ2n) is 8.57. The molecule has 7 nitrogen and oxygen atoms in total. The number of anilines is 1. The van der Waals surface area contributed by atoms with Gasteiger partial charge < -0.3 is 15.6 Å².